The maximum atomic E-state index is 11.9. The molecule has 1 atom stereocenters. The standard InChI is InChI=1S/C12H15BrN4O2/c1-2-3-7(14)11(18)15-8-5-10-9(4-6(8)13)16-12(19)17-10/h4-5,7H,2-3,14H2,1H3,(H,15,18)(H2,16,17,19)/t7-/m0/s1. The maximum absolute atomic E-state index is 11.9. The van der Waals surface area contributed by atoms with E-state index in [1.807, 2.05) is 6.92 Å². The number of fused-ring (bicyclic) bond motifs is 1. The Bertz CT molecular complexity index is 661. The van der Waals surface area contributed by atoms with E-state index in [-0.39, 0.29) is 11.6 Å². The number of anilines is 1. The molecule has 102 valence electrons. The van der Waals surface area contributed by atoms with Crippen LogP contribution in [0.15, 0.2) is 21.4 Å². The van der Waals surface area contributed by atoms with Gasteiger partial charge in [-0.25, -0.2) is 4.79 Å². The Kier molecular flexibility index (Phi) is 4.06. The molecule has 5 N–H and O–H groups in total. The summed E-state index contributed by atoms with van der Waals surface area (Å²) in [7, 11) is 0. The quantitative estimate of drug-likeness (QED) is 0.687. The van der Waals surface area contributed by atoms with Crippen molar-refractivity contribution in [2.75, 3.05) is 5.32 Å². The van der Waals surface area contributed by atoms with Crippen molar-refractivity contribution >= 4 is 38.6 Å². The van der Waals surface area contributed by atoms with E-state index in [4.69, 9.17) is 5.73 Å². The second kappa shape index (κ2) is 5.58. The van der Waals surface area contributed by atoms with Crippen molar-refractivity contribution < 1.29 is 4.79 Å². The lowest BCUT2D eigenvalue weighted by molar-refractivity contribution is -0.117. The summed E-state index contributed by atoms with van der Waals surface area (Å²) in [6.45, 7) is 1.97. The van der Waals surface area contributed by atoms with Crippen LogP contribution in [0.1, 0.15) is 19.8 Å². The van der Waals surface area contributed by atoms with Crippen molar-refractivity contribution in [3.8, 4) is 0 Å². The molecule has 1 aromatic carbocycles. The van der Waals surface area contributed by atoms with Crippen LogP contribution in [0.3, 0.4) is 0 Å². The Hall–Kier alpha value is -1.60. The molecule has 0 radical (unpaired) electrons. The van der Waals surface area contributed by atoms with E-state index in [0.29, 0.717) is 27.6 Å². The highest BCUT2D eigenvalue weighted by molar-refractivity contribution is 9.10. The summed E-state index contributed by atoms with van der Waals surface area (Å²) in [4.78, 5) is 28.3. The van der Waals surface area contributed by atoms with Crippen LogP contribution in [0.4, 0.5) is 5.69 Å². The van der Waals surface area contributed by atoms with Crippen LogP contribution in [-0.4, -0.2) is 21.9 Å². The monoisotopic (exact) mass is 326 g/mol. The summed E-state index contributed by atoms with van der Waals surface area (Å²) in [6, 6.07) is 2.89. The highest BCUT2D eigenvalue weighted by atomic mass is 79.9. The largest absolute Gasteiger partial charge is 0.324 e. The highest BCUT2D eigenvalue weighted by Crippen LogP contribution is 2.26. The number of amides is 1. The molecule has 7 heteroatoms. The Morgan fingerprint density at radius 1 is 1.42 bits per heavy atom. The second-order valence-electron chi connectivity index (χ2n) is 4.34. The van der Waals surface area contributed by atoms with Gasteiger partial charge in [0.2, 0.25) is 5.91 Å². The van der Waals surface area contributed by atoms with Gasteiger partial charge in [-0.3, -0.25) is 4.79 Å². The molecular formula is C12H15BrN4O2. The number of aromatic nitrogens is 2. The number of hydrogen-bond donors (Lipinski definition) is 4. The van der Waals surface area contributed by atoms with Crippen LogP contribution in [-0.2, 0) is 4.79 Å². The molecule has 0 bridgehead atoms. The third-order valence-electron chi connectivity index (χ3n) is 2.80. The topological polar surface area (TPSA) is 104 Å². The molecule has 1 aromatic heterocycles. The van der Waals surface area contributed by atoms with Gasteiger partial charge >= 0.3 is 5.69 Å². The zero-order valence-electron chi connectivity index (χ0n) is 10.4. The average molecular weight is 327 g/mol. The first-order valence-corrected chi connectivity index (χ1v) is 6.78. The van der Waals surface area contributed by atoms with Gasteiger partial charge in [0.05, 0.1) is 22.8 Å². The van der Waals surface area contributed by atoms with Crippen LogP contribution >= 0.6 is 15.9 Å². The summed E-state index contributed by atoms with van der Waals surface area (Å²) in [5.74, 6) is -0.236. The van der Waals surface area contributed by atoms with E-state index >= 15 is 0 Å². The molecular weight excluding hydrogens is 312 g/mol. The van der Waals surface area contributed by atoms with E-state index < -0.39 is 6.04 Å². The maximum Gasteiger partial charge on any atom is 0.323 e. The number of benzene rings is 1. The van der Waals surface area contributed by atoms with Crippen LogP contribution in [0.2, 0.25) is 0 Å². The molecule has 0 aliphatic heterocycles. The zero-order chi connectivity index (χ0) is 14.0. The number of hydrogen-bond acceptors (Lipinski definition) is 3. The Morgan fingerprint density at radius 3 is 2.68 bits per heavy atom. The average Bonchev–Trinajstić information content (AvgIpc) is 2.69. The molecule has 0 aliphatic rings. The Balaban J connectivity index is 2.27. The minimum absolute atomic E-state index is 0.236. The van der Waals surface area contributed by atoms with Crippen molar-refractivity contribution in [2.24, 2.45) is 5.73 Å². The smallest absolute Gasteiger partial charge is 0.323 e. The number of aromatic amines is 2. The predicted octanol–water partition coefficient (Wildman–Crippen LogP) is 1.68. The van der Waals surface area contributed by atoms with Crippen LogP contribution < -0.4 is 16.7 Å². The van der Waals surface area contributed by atoms with Crippen molar-refractivity contribution in [1.82, 2.24) is 9.97 Å². The number of halogens is 1. The lowest BCUT2D eigenvalue weighted by Crippen LogP contribution is -2.35. The second-order valence-corrected chi connectivity index (χ2v) is 5.20. The Morgan fingerprint density at radius 2 is 2.05 bits per heavy atom. The number of nitrogens with two attached hydrogens (primary N) is 1. The number of carbonyl (C=O) groups excluding carboxylic acids is 1. The molecule has 2 rings (SSSR count). The fraction of sp³-hybridized carbons (Fsp3) is 0.333. The molecule has 1 amide bonds. The van der Waals surface area contributed by atoms with Gasteiger partial charge in [0.25, 0.3) is 0 Å². The first kappa shape index (κ1) is 13.8. The summed E-state index contributed by atoms with van der Waals surface area (Å²) >= 11 is 3.35. The van der Waals surface area contributed by atoms with Gasteiger partial charge in [-0.05, 0) is 34.5 Å². The van der Waals surface area contributed by atoms with Crippen LogP contribution in [0, 0.1) is 0 Å². The molecule has 2 aromatic rings. The fourth-order valence-corrected chi connectivity index (χ4v) is 2.26. The van der Waals surface area contributed by atoms with Gasteiger partial charge in [-0.2, -0.15) is 0 Å². The predicted molar refractivity (Wildman–Crippen MR) is 78.1 cm³/mol. The summed E-state index contributed by atoms with van der Waals surface area (Å²) in [6.07, 6.45) is 1.48. The van der Waals surface area contributed by atoms with Gasteiger partial charge in [0.1, 0.15) is 0 Å². The van der Waals surface area contributed by atoms with Crippen molar-refractivity contribution in [1.29, 1.82) is 0 Å². The SMILES string of the molecule is CCC[C@H](N)C(=O)Nc1cc2[nH]c(=O)[nH]c2cc1Br. The number of imidazole rings is 1. The van der Waals surface area contributed by atoms with Crippen LogP contribution in [0.5, 0.6) is 0 Å². The van der Waals surface area contributed by atoms with Crippen molar-refractivity contribution in [3.63, 3.8) is 0 Å². The lowest BCUT2D eigenvalue weighted by atomic mass is 10.1. The van der Waals surface area contributed by atoms with E-state index in [1.165, 1.54) is 0 Å². The number of rotatable bonds is 4. The van der Waals surface area contributed by atoms with Crippen molar-refractivity contribution in [3.05, 3.63) is 27.1 Å². The summed E-state index contributed by atoms with van der Waals surface area (Å²) in [5, 5.41) is 2.75. The Labute approximate surface area is 117 Å². The summed E-state index contributed by atoms with van der Waals surface area (Å²) < 4.78 is 0.687. The molecule has 0 saturated carbocycles. The molecule has 0 aliphatic carbocycles. The number of H-pyrrole nitrogens is 2. The van der Waals surface area contributed by atoms with E-state index in [0.717, 1.165) is 6.42 Å². The van der Waals surface area contributed by atoms with Crippen molar-refractivity contribution in [2.45, 2.75) is 25.8 Å². The first-order chi connectivity index (χ1) is 9.01. The number of carbonyl (C=O) groups is 1. The fourth-order valence-electron chi connectivity index (χ4n) is 1.82. The molecule has 0 spiro atoms. The number of nitrogens with one attached hydrogen (secondary N) is 3. The third-order valence-corrected chi connectivity index (χ3v) is 3.45. The third kappa shape index (κ3) is 3.05. The molecule has 0 fully saturated rings. The molecule has 6 nitrogen and oxygen atoms in total. The molecule has 1 heterocycles. The minimum atomic E-state index is -0.530. The highest BCUT2D eigenvalue weighted by Gasteiger charge is 2.14. The van der Waals surface area contributed by atoms with E-state index in [2.05, 4.69) is 31.2 Å². The summed E-state index contributed by atoms with van der Waals surface area (Å²) in [5.41, 5.74) is 7.36. The molecule has 0 saturated heterocycles. The normalized spacial score (nSPS) is 12.6. The minimum Gasteiger partial charge on any atom is -0.324 e. The van der Waals surface area contributed by atoms with Gasteiger partial charge < -0.3 is 21.0 Å². The zero-order valence-corrected chi connectivity index (χ0v) is 12.0. The van der Waals surface area contributed by atoms with Gasteiger partial charge in [-0.15, -0.1) is 0 Å². The molecule has 0 unspecified atom stereocenters. The van der Waals surface area contributed by atoms with Crippen LogP contribution in [0.25, 0.3) is 11.0 Å². The lowest BCUT2D eigenvalue weighted by Gasteiger charge is -2.12. The van der Waals surface area contributed by atoms with Gasteiger partial charge in [0.15, 0.2) is 0 Å². The van der Waals surface area contributed by atoms with Gasteiger partial charge in [0, 0.05) is 4.47 Å². The van der Waals surface area contributed by atoms with Gasteiger partial charge in [-0.1, -0.05) is 13.3 Å². The van der Waals surface area contributed by atoms with E-state index in [1.54, 1.807) is 12.1 Å². The van der Waals surface area contributed by atoms with E-state index in [9.17, 15) is 9.59 Å². The molecule has 19 heavy (non-hydrogen) atoms. The first-order valence-electron chi connectivity index (χ1n) is 5.99.